The lowest BCUT2D eigenvalue weighted by atomic mass is 9.75. The molecule has 0 fully saturated rings. The summed E-state index contributed by atoms with van der Waals surface area (Å²) in [5.41, 5.74) is 40.6. The van der Waals surface area contributed by atoms with Crippen molar-refractivity contribution in [1.29, 1.82) is 0 Å². The van der Waals surface area contributed by atoms with Crippen molar-refractivity contribution in [2.75, 3.05) is 53.9 Å². The minimum Gasteiger partial charge on any atom is -0.456 e. The molecule has 0 saturated carbocycles. The molecule has 7 aromatic carbocycles. The van der Waals surface area contributed by atoms with E-state index in [0.717, 1.165) is 175 Å². The van der Waals surface area contributed by atoms with Crippen LogP contribution in [0, 0.1) is 0 Å². The summed E-state index contributed by atoms with van der Waals surface area (Å²) in [6.45, 7) is 13.2. The molecule has 3 unspecified atom stereocenters. The van der Waals surface area contributed by atoms with Gasteiger partial charge in [0.05, 0.1) is 81.4 Å². The lowest BCUT2D eigenvalue weighted by Gasteiger charge is -2.35. The highest BCUT2D eigenvalue weighted by Gasteiger charge is 2.46. The van der Waals surface area contributed by atoms with Crippen LogP contribution in [0.25, 0.3) is 77.4 Å². The molecule has 0 amide bonds. The number of hydrogen-bond acceptors (Lipinski definition) is 21. The minimum absolute atomic E-state index is 0.0284. The van der Waals surface area contributed by atoms with Gasteiger partial charge in [-0.2, -0.15) is 0 Å². The number of thiophene rings is 1. The fourth-order valence-electron chi connectivity index (χ4n) is 22.5. The summed E-state index contributed by atoms with van der Waals surface area (Å²) < 4.78 is 6.12. The van der Waals surface area contributed by atoms with Gasteiger partial charge in [-0.3, -0.25) is 29.9 Å². The lowest BCUT2D eigenvalue weighted by Crippen LogP contribution is -2.49. The number of aryl methyl sites for hydroxylation is 2. The van der Waals surface area contributed by atoms with Crippen molar-refractivity contribution in [1.82, 2.24) is 55.2 Å². The van der Waals surface area contributed by atoms with Crippen molar-refractivity contribution in [2.45, 2.75) is 183 Å². The quantitative estimate of drug-likeness (QED) is 0.141. The number of thiazole rings is 1. The highest BCUT2D eigenvalue weighted by Crippen LogP contribution is 2.47. The summed E-state index contributed by atoms with van der Waals surface area (Å²) in [5, 5.41) is 12.7. The second-order valence-electron chi connectivity index (χ2n) is 37.8. The normalized spacial score (nSPS) is 23.6. The second-order valence-corrected chi connectivity index (χ2v) is 39.4. The van der Waals surface area contributed by atoms with Gasteiger partial charge in [-0.15, -0.1) is 22.7 Å². The first-order valence-electron chi connectivity index (χ1n) is 45.5. The van der Waals surface area contributed by atoms with Crippen molar-refractivity contribution >= 4 is 69.2 Å². The average Bonchev–Trinajstić information content (AvgIpc) is 1.61. The number of rotatable bonds is 6. The summed E-state index contributed by atoms with van der Waals surface area (Å²) in [5.74, 6) is 4.98. The molecule has 21 heteroatoms. The smallest absolute Gasteiger partial charge is 0.191 e. The van der Waals surface area contributed by atoms with E-state index >= 15 is 0 Å². The molecule has 19 nitrogen and oxygen atoms in total. The van der Waals surface area contributed by atoms with Crippen molar-refractivity contribution in [3.05, 3.63) is 297 Å². The number of guanidine groups is 1. The zero-order chi connectivity index (χ0) is 87.2. The summed E-state index contributed by atoms with van der Waals surface area (Å²) in [6.07, 6.45) is 37.4. The number of nitrogens with two attached hydrogens (primary N) is 1. The van der Waals surface area contributed by atoms with Gasteiger partial charge in [0.1, 0.15) is 24.0 Å². The Morgan fingerprint density at radius 3 is 1.52 bits per heavy atom. The number of amidine groups is 3. The fraction of sp³-hybridized carbons (Fsp3) is 0.346. The molecule has 25 rings (SSSR count). The molecule has 6 aliphatic carbocycles. The van der Waals surface area contributed by atoms with Crippen LogP contribution in [-0.2, 0) is 77.0 Å². The molecule has 4 N–H and O–H groups in total. The molecule has 12 heterocycles. The van der Waals surface area contributed by atoms with Crippen LogP contribution in [0.2, 0.25) is 0 Å². The molecule has 13 aromatic rings. The molecule has 12 aliphatic rings. The molecule has 6 atom stereocenters. The number of benzene rings is 7. The van der Waals surface area contributed by atoms with Crippen LogP contribution in [0.5, 0.6) is 0 Å². The standard InChI is InChI=1S/C21H20N2O.C18H20N4.2C17H18N4.2C17H18N2S/c1-14-22-13-21(23-14)10-9-17-16(12-21)6-4-7-18(17)20-11-15-5-2-3-8-19(15)24-20;1-22-12-18(21-17(22)19)8-7-16-13(10-18)4-2-6-15(16)14-5-3-9-20-11-14;1-12-20-17(10-21(12)2)6-13-4-3-5-15(16(13)7-17)14-8-18-11-19-9-14;1-21-10-17(20-12-21)6-5-13-3-2-4-15(16(13)7-17)14-8-18-11-19-9-14;1-12-18-11-17(19-12)8-7-14-13(10-17)4-2-5-15(14)16-6-3-9-20-16;1-12-5-7-17(19-12)8-6-13-3-2-4-14(15(13)9-17)16-10-20-11-18-16/h2-8,11H,9-10,12-13H2,1H3,(H,22,23);2-6,9,11H,7-8,10,12H2,1H3,(H2,19,21);3-5,8-9,11H,6-7,10H2,1-2H3;2-4,8-9,11-12H,5-7,10H2,1H3;2-6,9H,7-8,10-11H2,1H3,(H,18,19);2-4,10-11H,5-9H2,1H3/t21-;18-;;;17-;/m00..0./s1. The molecule has 128 heavy (non-hydrogen) atoms. The summed E-state index contributed by atoms with van der Waals surface area (Å²) >= 11 is 3.51. The molecule has 0 bridgehead atoms. The maximum atomic E-state index is 6.12. The van der Waals surface area contributed by atoms with E-state index in [1.54, 1.807) is 29.6 Å². The second kappa shape index (κ2) is 35.0. The van der Waals surface area contributed by atoms with Crippen molar-refractivity contribution in [3.63, 3.8) is 0 Å². The van der Waals surface area contributed by atoms with Gasteiger partial charge in [-0.25, -0.2) is 29.9 Å². The molecular formula is C107H112N18OS2. The molecule has 6 aromatic heterocycles. The minimum atomic E-state index is -0.0284. The Labute approximate surface area is 759 Å². The van der Waals surface area contributed by atoms with E-state index in [0.29, 0.717) is 5.96 Å². The van der Waals surface area contributed by atoms with Crippen LogP contribution < -0.4 is 16.4 Å². The van der Waals surface area contributed by atoms with E-state index in [4.69, 9.17) is 30.1 Å². The third-order valence-electron chi connectivity index (χ3n) is 28.8. The average molecular weight is 1730 g/mol. The number of hydrogen-bond donors (Lipinski definition) is 3. The molecule has 0 radical (unpaired) electrons. The van der Waals surface area contributed by atoms with Crippen LogP contribution >= 0.6 is 22.7 Å². The van der Waals surface area contributed by atoms with E-state index < -0.39 is 0 Å². The number of aromatic nitrogens is 6. The largest absolute Gasteiger partial charge is 0.456 e. The van der Waals surface area contributed by atoms with Crippen molar-refractivity contribution < 1.29 is 4.42 Å². The summed E-state index contributed by atoms with van der Waals surface area (Å²) in [4.78, 5) is 62.0. The maximum absolute atomic E-state index is 6.12. The Bertz CT molecular complexity index is 6450. The molecule has 6 aliphatic heterocycles. The first-order chi connectivity index (χ1) is 62.3. The fourth-order valence-corrected chi connectivity index (χ4v) is 23.9. The number of pyridine rings is 1. The maximum Gasteiger partial charge on any atom is 0.191 e. The third-order valence-corrected chi connectivity index (χ3v) is 30.3. The van der Waals surface area contributed by atoms with Crippen LogP contribution in [0.4, 0.5) is 0 Å². The zero-order valence-electron chi connectivity index (χ0n) is 74.5. The summed E-state index contributed by atoms with van der Waals surface area (Å²) in [7, 11) is 6.25. The van der Waals surface area contributed by atoms with Gasteiger partial charge in [-0.1, -0.05) is 140 Å². The van der Waals surface area contributed by atoms with Crippen molar-refractivity contribution in [2.24, 2.45) is 35.7 Å². The Kier molecular flexibility index (Phi) is 22.9. The first-order valence-corrected chi connectivity index (χ1v) is 47.4. The van der Waals surface area contributed by atoms with Crippen LogP contribution in [-0.4, -0.2) is 167 Å². The number of aliphatic imine (C=N–C) groups is 6. The molecule has 0 saturated heterocycles. The number of para-hydroxylation sites is 1. The van der Waals surface area contributed by atoms with Gasteiger partial charge in [0.25, 0.3) is 0 Å². The van der Waals surface area contributed by atoms with Gasteiger partial charge in [0.15, 0.2) is 5.96 Å². The van der Waals surface area contributed by atoms with E-state index in [2.05, 4.69) is 263 Å². The topological polar surface area (TPSA) is 224 Å². The predicted octanol–water partition coefficient (Wildman–Crippen LogP) is 19.2. The number of fused-ring (bicyclic) bond motifs is 7. The van der Waals surface area contributed by atoms with Crippen LogP contribution in [0.15, 0.2) is 264 Å². The first kappa shape index (κ1) is 83.7. The Balaban J connectivity index is 0.0000000966. The van der Waals surface area contributed by atoms with E-state index in [1.807, 2.05) is 85.6 Å². The van der Waals surface area contributed by atoms with Crippen LogP contribution in [0.3, 0.4) is 0 Å². The third kappa shape index (κ3) is 17.2. The summed E-state index contributed by atoms with van der Waals surface area (Å²) in [6, 6.07) is 58.6. The molecule has 6 spiro atoms. The zero-order valence-corrected chi connectivity index (χ0v) is 76.1. The SMILES string of the molecule is CC1=NC2(CC1)CCc1cccc(-c3cscn3)c1C2.CC1=NC2(Cc3cccc(-c4cncnc4)c3C2)CN1C.CC1=NC[C@@]2(CCc3c(cccc3-c3cc4ccccc4o3)C2)N1.CC1=NC[C@@]2(CCc3c(cccc3-c3cccs3)C2)N1.CN1C=NC2(CCc3cccc(-c4cncnc4)c3C2)C1.CN1C[C@@]2(CCc3c(cccc3-c3cccnc3)C2)N=C1N. The molecular weight excluding hydrogens is 1620 g/mol. The Hall–Kier alpha value is -12.5. The Morgan fingerprint density at radius 2 is 0.961 bits per heavy atom. The van der Waals surface area contributed by atoms with Gasteiger partial charge in [0.2, 0.25) is 0 Å². The van der Waals surface area contributed by atoms with E-state index in [1.165, 1.54) is 142 Å². The van der Waals surface area contributed by atoms with Gasteiger partial charge < -0.3 is 35.5 Å². The van der Waals surface area contributed by atoms with Gasteiger partial charge in [-0.05, 0) is 249 Å². The van der Waals surface area contributed by atoms with Gasteiger partial charge in [0, 0.05) is 146 Å². The number of nitrogens with one attached hydrogen (secondary N) is 2. The number of furan rings is 1. The highest BCUT2D eigenvalue weighted by atomic mass is 32.1. The number of nitrogens with zero attached hydrogens (tertiary/aromatic N) is 15. The Morgan fingerprint density at radius 1 is 0.430 bits per heavy atom. The number of likely N-dealkylation sites (N-methyl/N-ethyl adjacent to an activating group) is 3. The van der Waals surface area contributed by atoms with E-state index in [-0.39, 0.29) is 33.2 Å². The van der Waals surface area contributed by atoms with Crippen molar-refractivity contribution in [3.8, 4) is 66.4 Å². The molecule has 648 valence electrons. The highest BCUT2D eigenvalue weighted by molar-refractivity contribution is 7.13. The van der Waals surface area contributed by atoms with E-state index in [9.17, 15) is 0 Å². The monoisotopic (exact) mass is 1730 g/mol. The van der Waals surface area contributed by atoms with Crippen LogP contribution in [0.1, 0.15) is 139 Å². The predicted molar refractivity (Wildman–Crippen MR) is 523 cm³/mol. The van der Waals surface area contributed by atoms with Gasteiger partial charge >= 0.3 is 0 Å². The lowest BCUT2D eigenvalue weighted by molar-refractivity contribution is 0.335.